The number of nitrogens with zero attached hydrogens (tertiary/aromatic N) is 6. The van der Waals surface area contributed by atoms with Crippen molar-refractivity contribution in [3.05, 3.63) is 54.1 Å². The zero-order chi connectivity index (χ0) is 24.9. The van der Waals surface area contributed by atoms with Crippen molar-refractivity contribution < 1.29 is 13.9 Å². The maximum absolute atomic E-state index is 9.09. The van der Waals surface area contributed by atoms with Crippen molar-refractivity contribution in [1.82, 2.24) is 24.6 Å². The Morgan fingerprint density at radius 3 is 2.50 bits per heavy atom. The number of nitriles is 1. The molecule has 36 heavy (non-hydrogen) atoms. The fourth-order valence-electron chi connectivity index (χ4n) is 4.54. The number of hydrogen-bond acceptors (Lipinski definition) is 9. The van der Waals surface area contributed by atoms with Gasteiger partial charge in [0.25, 0.3) is 6.01 Å². The number of piperidine rings is 1. The molecule has 10 nitrogen and oxygen atoms in total. The summed E-state index contributed by atoms with van der Waals surface area (Å²) in [6.07, 6.45) is 5.09. The van der Waals surface area contributed by atoms with E-state index in [1.165, 1.54) is 6.33 Å². The topological polar surface area (TPSA) is 114 Å². The van der Waals surface area contributed by atoms with E-state index in [-0.39, 0.29) is 6.04 Å². The van der Waals surface area contributed by atoms with Crippen LogP contribution in [0.5, 0.6) is 11.5 Å². The quantitative estimate of drug-likeness (QED) is 0.372. The molecule has 2 aromatic carbocycles. The van der Waals surface area contributed by atoms with Crippen LogP contribution in [0.2, 0.25) is 0 Å². The van der Waals surface area contributed by atoms with E-state index in [2.05, 4.69) is 43.5 Å². The molecule has 10 heteroatoms. The third-order valence-corrected chi connectivity index (χ3v) is 6.19. The van der Waals surface area contributed by atoms with Gasteiger partial charge in [0.1, 0.15) is 29.7 Å². The molecule has 0 amide bonds. The van der Waals surface area contributed by atoms with Crippen LogP contribution < -0.4 is 14.8 Å². The van der Waals surface area contributed by atoms with E-state index in [4.69, 9.17) is 19.2 Å². The fraction of sp³-hybridized carbons (Fsp3) is 0.385. The van der Waals surface area contributed by atoms with Gasteiger partial charge in [-0.2, -0.15) is 15.3 Å². The van der Waals surface area contributed by atoms with Crippen molar-refractivity contribution in [3.8, 4) is 23.3 Å². The predicted molar refractivity (Wildman–Crippen MR) is 134 cm³/mol. The number of ether oxygens (including phenoxy) is 2. The summed E-state index contributed by atoms with van der Waals surface area (Å²) in [6.45, 7) is 7.70. The van der Waals surface area contributed by atoms with Gasteiger partial charge < -0.3 is 19.2 Å². The number of oxazole rings is 1. The lowest BCUT2D eigenvalue weighted by Gasteiger charge is -2.32. The van der Waals surface area contributed by atoms with E-state index in [0.29, 0.717) is 35.9 Å². The Kier molecular flexibility index (Phi) is 7.00. The molecular formula is C26H29N7O3. The van der Waals surface area contributed by atoms with Gasteiger partial charge in [0.05, 0.1) is 24.8 Å². The van der Waals surface area contributed by atoms with Crippen LogP contribution in [0.3, 0.4) is 0 Å². The van der Waals surface area contributed by atoms with Crippen molar-refractivity contribution >= 4 is 17.1 Å². The number of rotatable bonds is 9. The van der Waals surface area contributed by atoms with Crippen molar-refractivity contribution in [2.45, 2.75) is 39.3 Å². The molecule has 5 rings (SSSR count). The Morgan fingerprint density at radius 1 is 1.11 bits per heavy atom. The molecule has 4 aromatic rings. The lowest BCUT2D eigenvalue weighted by Crippen LogP contribution is -2.38. The lowest BCUT2D eigenvalue weighted by atomic mass is 10.0. The zero-order valence-electron chi connectivity index (χ0n) is 20.5. The first-order chi connectivity index (χ1) is 17.7. The molecule has 0 bridgehead atoms. The Morgan fingerprint density at radius 2 is 1.86 bits per heavy atom. The molecule has 1 N–H and O–H groups in total. The largest absolute Gasteiger partial charge is 0.491 e. The van der Waals surface area contributed by atoms with E-state index >= 15 is 0 Å². The van der Waals surface area contributed by atoms with Crippen LogP contribution >= 0.6 is 0 Å². The Labute approximate surface area is 209 Å². The van der Waals surface area contributed by atoms with Gasteiger partial charge in [-0.3, -0.25) is 4.90 Å². The second-order valence-electron chi connectivity index (χ2n) is 8.65. The SMILES string of the molecule is CCOc1cc(CN2CCC(Nc3nc4cc(C#N)ccc4o3)CC2)cc(OCC)c1-n1cncn1. The summed E-state index contributed by atoms with van der Waals surface area (Å²) in [5, 5.41) is 16.8. The van der Waals surface area contributed by atoms with Gasteiger partial charge in [-0.1, -0.05) is 0 Å². The third kappa shape index (κ3) is 5.11. The lowest BCUT2D eigenvalue weighted by molar-refractivity contribution is 0.209. The minimum absolute atomic E-state index is 0.275. The Hall–Kier alpha value is -4.10. The van der Waals surface area contributed by atoms with Crippen LogP contribution in [0.4, 0.5) is 6.01 Å². The second-order valence-corrected chi connectivity index (χ2v) is 8.65. The highest BCUT2D eigenvalue weighted by Gasteiger charge is 2.23. The average Bonchev–Trinajstić information content (AvgIpc) is 3.55. The number of benzene rings is 2. The van der Waals surface area contributed by atoms with Crippen LogP contribution in [-0.4, -0.2) is 57.0 Å². The summed E-state index contributed by atoms with van der Waals surface area (Å²) in [7, 11) is 0. The van der Waals surface area contributed by atoms with Gasteiger partial charge in [-0.05, 0) is 62.6 Å². The first-order valence-electron chi connectivity index (χ1n) is 12.2. The monoisotopic (exact) mass is 487 g/mol. The highest BCUT2D eigenvalue weighted by Crippen LogP contribution is 2.35. The minimum Gasteiger partial charge on any atom is -0.491 e. The van der Waals surface area contributed by atoms with Crippen molar-refractivity contribution in [2.75, 3.05) is 31.6 Å². The summed E-state index contributed by atoms with van der Waals surface area (Å²) in [5.74, 6) is 1.46. The van der Waals surface area contributed by atoms with Gasteiger partial charge in [0, 0.05) is 25.7 Å². The second kappa shape index (κ2) is 10.7. The molecule has 0 radical (unpaired) electrons. The molecule has 0 aliphatic carbocycles. The van der Waals surface area contributed by atoms with E-state index in [1.807, 2.05) is 13.8 Å². The molecule has 2 aromatic heterocycles. The fourth-order valence-corrected chi connectivity index (χ4v) is 4.54. The van der Waals surface area contributed by atoms with Crippen LogP contribution in [0, 0.1) is 11.3 Å². The number of nitrogens with one attached hydrogen (secondary N) is 1. The molecule has 1 saturated heterocycles. The molecule has 0 atom stereocenters. The van der Waals surface area contributed by atoms with Crippen LogP contribution in [0.1, 0.15) is 37.8 Å². The molecule has 0 spiro atoms. The summed E-state index contributed by atoms with van der Waals surface area (Å²) in [6, 6.07) is 12.3. The molecule has 1 fully saturated rings. The van der Waals surface area contributed by atoms with E-state index < -0.39 is 0 Å². The van der Waals surface area contributed by atoms with Crippen LogP contribution in [0.15, 0.2) is 47.4 Å². The summed E-state index contributed by atoms with van der Waals surface area (Å²) >= 11 is 0. The molecule has 0 unspecified atom stereocenters. The van der Waals surface area contributed by atoms with Crippen LogP contribution in [-0.2, 0) is 6.54 Å². The molecule has 186 valence electrons. The molecular weight excluding hydrogens is 458 g/mol. The number of anilines is 1. The molecule has 1 aliphatic rings. The highest BCUT2D eigenvalue weighted by molar-refractivity contribution is 5.76. The van der Waals surface area contributed by atoms with Crippen molar-refractivity contribution in [3.63, 3.8) is 0 Å². The zero-order valence-corrected chi connectivity index (χ0v) is 20.5. The van der Waals surface area contributed by atoms with Gasteiger partial charge in [-0.15, -0.1) is 0 Å². The standard InChI is InChI=1S/C26H29N7O3/c1-3-34-23-12-19(13-24(35-4-2)25(23)33-17-28-16-29-33)15-32-9-7-20(8-10-32)30-26-31-21-11-18(14-27)5-6-22(21)36-26/h5-6,11-13,16-17,20H,3-4,7-10,15H2,1-2H3,(H,30,31). The Bertz CT molecular complexity index is 1320. The molecule has 0 saturated carbocycles. The van der Waals surface area contributed by atoms with E-state index in [1.54, 1.807) is 29.2 Å². The van der Waals surface area contributed by atoms with Gasteiger partial charge >= 0.3 is 0 Å². The third-order valence-electron chi connectivity index (χ3n) is 6.19. The first kappa shape index (κ1) is 23.6. The van der Waals surface area contributed by atoms with Gasteiger partial charge in [0.15, 0.2) is 11.3 Å². The summed E-state index contributed by atoms with van der Waals surface area (Å²) < 4.78 is 19.4. The highest BCUT2D eigenvalue weighted by atomic mass is 16.5. The maximum atomic E-state index is 9.09. The Balaban J connectivity index is 1.25. The maximum Gasteiger partial charge on any atom is 0.295 e. The number of fused-ring (bicyclic) bond motifs is 1. The van der Waals surface area contributed by atoms with E-state index in [9.17, 15) is 0 Å². The first-order valence-corrected chi connectivity index (χ1v) is 12.2. The average molecular weight is 488 g/mol. The smallest absolute Gasteiger partial charge is 0.295 e. The van der Waals surface area contributed by atoms with E-state index in [0.717, 1.165) is 55.2 Å². The number of hydrogen-bond donors (Lipinski definition) is 1. The van der Waals surface area contributed by atoms with Gasteiger partial charge in [-0.25, -0.2) is 9.67 Å². The van der Waals surface area contributed by atoms with Gasteiger partial charge in [0.2, 0.25) is 0 Å². The minimum atomic E-state index is 0.275. The summed E-state index contributed by atoms with van der Waals surface area (Å²) in [5.41, 5.74) is 3.84. The summed E-state index contributed by atoms with van der Waals surface area (Å²) in [4.78, 5) is 11.0. The number of likely N-dealkylation sites (tertiary alicyclic amines) is 1. The van der Waals surface area contributed by atoms with Crippen molar-refractivity contribution in [2.24, 2.45) is 0 Å². The molecule has 1 aliphatic heterocycles. The van der Waals surface area contributed by atoms with Crippen LogP contribution in [0.25, 0.3) is 16.8 Å². The molecule has 3 heterocycles. The van der Waals surface area contributed by atoms with Crippen molar-refractivity contribution in [1.29, 1.82) is 5.26 Å². The predicted octanol–water partition coefficient (Wildman–Crippen LogP) is 4.15. The normalized spacial score (nSPS) is 14.6. The number of aromatic nitrogens is 4.